The van der Waals surface area contributed by atoms with Gasteiger partial charge in [0.05, 0.1) is 22.0 Å². The standard InChI is InChI=1S/C27H24BrClFN3O5/c28-20-14-17(6-11-22(20)31-26(37)32-23-5-2-1-4-21(23)29)15-24(34)27(30)12-3-13-33(27)16-38-19-9-7-18(8-10-19)25(35)36/h1-2,4-11,14H,3,12-13,15-16H2,(H,35,36)(H2,31,32,37). The molecule has 0 spiro atoms. The molecule has 1 aliphatic heterocycles. The number of rotatable bonds is 9. The Hall–Kier alpha value is -3.47. The van der Waals surface area contributed by atoms with Crippen molar-refractivity contribution < 1.29 is 28.6 Å². The number of para-hydroxylation sites is 1. The smallest absolute Gasteiger partial charge is 0.335 e. The molecule has 38 heavy (non-hydrogen) atoms. The van der Waals surface area contributed by atoms with E-state index in [1.165, 1.54) is 29.2 Å². The van der Waals surface area contributed by atoms with Crippen LogP contribution in [-0.4, -0.2) is 46.9 Å². The molecule has 1 unspecified atom stereocenters. The van der Waals surface area contributed by atoms with Gasteiger partial charge in [0.25, 0.3) is 0 Å². The minimum Gasteiger partial charge on any atom is -0.478 e. The summed E-state index contributed by atoms with van der Waals surface area (Å²) in [5, 5.41) is 14.8. The fourth-order valence-electron chi connectivity index (χ4n) is 4.10. The number of nitrogens with zero attached hydrogens (tertiary/aromatic N) is 1. The zero-order valence-electron chi connectivity index (χ0n) is 20.0. The minimum atomic E-state index is -2.18. The van der Waals surface area contributed by atoms with Crippen molar-refractivity contribution in [3.63, 3.8) is 0 Å². The van der Waals surface area contributed by atoms with Crippen molar-refractivity contribution in [2.45, 2.75) is 25.1 Å². The number of hydrogen-bond acceptors (Lipinski definition) is 5. The van der Waals surface area contributed by atoms with E-state index >= 15 is 4.39 Å². The number of alkyl halides is 1. The van der Waals surface area contributed by atoms with Crippen molar-refractivity contribution in [2.75, 3.05) is 23.9 Å². The quantitative estimate of drug-likeness (QED) is 0.246. The van der Waals surface area contributed by atoms with E-state index in [0.29, 0.717) is 45.1 Å². The summed E-state index contributed by atoms with van der Waals surface area (Å²) in [5.74, 6) is -3.45. The third-order valence-electron chi connectivity index (χ3n) is 6.12. The summed E-state index contributed by atoms with van der Waals surface area (Å²) >= 11 is 9.47. The van der Waals surface area contributed by atoms with Gasteiger partial charge in [0, 0.05) is 23.9 Å². The molecule has 1 atom stereocenters. The Bertz CT molecular complexity index is 1360. The number of likely N-dealkylation sites (tertiary alicyclic amines) is 1. The lowest BCUT2D eigenvalue weighted by Crippen LogP contribution is -2.49. The SMILES string of the molecule is O=C(Nc1ccccc1Cl)Nc1ccc(CC(=O)C2(F)CCCN2COc2ccc(C(=O)O)cc2)cc1Br. The number of ether oxygens (including phenoxy) is 1. The van der Waals surface area contributed by atoms with Gasteiger partial charge < -0.3 is 20.5 Å². The van der Waals surface area contributed by atoms with Crippen LogP contribution in [0.2, 0.25) is 5.02 Å². The Kier molecular flexibility index (Phi) is 8.65. The predicted octanol–water partition coefficient (Wildman–Crippen LogP) is 6.35. The number of halogens is 3. The average Bonchev–Trinajstić information content (AvgIpc) is 3.27. The summed E-state index contributed by atoms with van der Waals surface area (Å²) in [7, 11) is 0. The van der Waals surface area contributed by atoms with Crippen LogP contribution in [0.15, 0.2) is 71.2 Å². The van der Waals surface area contributed by atoms with E-state index < -0.39 is 23.6 Å². The van der Waals surface area contributed by atoms with Crippen LogP contribution in [0.1, 0.15) is 28.8 Å². The Morgan fingerprint density at radius 3 is 2.45 bits per heavy atom. The number of amides is 2. The molecule has 0 aliphatic carbocycles. The van der Waals surface area contributed by atoms with Crippen molar-refractivity contribution in [1.29, 1.82) is 0 Å². The second-order valence-corrected chi connectivity index (χ2v) is 9.96. The van der Waals surface area contributed by atoms with Gasteiger partial charge in [-0.15, -0.1) is 0 Å². The van der Waals surface area contributed by atoms with Crippen LogP contribution >= 0.6 is 27.5 Å². The Labute approximate surface area is 231 Å². The van der Waals surface area contributed by atoms with Gasteiger partial charge in [-0.25, -0.2) is 18.9 Å². The van der Waals surface area contributed by atoms with Crippen molar-refractivity contribution in [3.8, 4) is 5.75 Å². The van der Waals surface area contributed by atoms with Crippen LogP contribution in [0.5, 0.6) is 5.75 Å². The third kappa shape index (κ3) is 6.50. The van der Waals surface area contributed by atoms with Crippen LogP contribution in [0.25, 0.3) is 0 Å². The number of aromatic carboxylic acids is 1. The molecule has 3 aromatic rings. The molecular formula is C27H24BrClFN3O5. The summed E-state index contributed by atoms with van der Waals surface area (Å²) in [6.45, 7) is 0.199. The highest BCUT2D eigenvalue weighted by atomic mass is 79.9. The molecule has 3 aromatic carbocycles. The molecule has 0 bridgehead atoms. The average molecular weight is 605 g/mol. The number of Topliss-reactive ketones (excluding diaryl/α,β-unsaturated/α-hetero) is 1. The highest BCUT2D eigenvalue weighted by Gasteiger charge is 2.47. The highest BCUT2D eigenvalue weighted by Crippen LogP contribution is 2.34. The van der Waals surface area contributed by atoms with Gasteiger partial charge in [0.1, 0.15) is 12.5 Å². The zero-order valence-corrected chi connectivity index (χ0v) is 22.4. The molecule has 1 heterocycles. The second-order valence-electron chi connectivity index (χ2n) is 8.70. The van der Waals surface area contributed by atoms with Gasteiger partial charge in [-0.2, -0.15) is 0 Å². The molecule has 0 radical (unpaired) electrons. The number of ketones is 1. The van der Waals surface area contributed by atoms with Crippen molar-refractivity contribution >= 4 is 56.7 Å². The fourth-order valence-corrected chi connectivity index (χ4v) is 4.81. The Morgan fingerprint density at radius 2 is 1.76 bits per heavy atom. The molecule has 8 nitrogen and oxygen atoms in total. The first-order valence-corrected chi connectivity index (χ1v) is 12.9. The van der Waals surface area contributed by atoms with Gasteiger partial charge in [-0.1, -0.05) is 29.8 Å². The van der Waals surface area contributed by atoms with E-state index in [4.69, 9.17) is 21.4 Å². The molecule has 1 saturated heterocycles. The zero-order chi connectivity index (χ0) is 27.3. The number of carbonyl (C=O) groups excluding carboxylic acids is 2. The van der Waals surface area contributed by atoms with Crippen LogP contribution in [0.4, 0.5) is 20.6 Å². The molecule has 198 valence electrons. The minimum absolute atomic E-state index is 0.0518. The fraction of sp³-hybridized carbons (Fsp3) is 0.222. The van der Waals surface area contributed by atoms with Crippen molar-refractivity contribution in [1.82, 2.24) is 4.90 Å². The molecule has 4 rings (SSSR count). The first-order valence-electron chi connectivity index (χ1n) is 11.7. The monoisotopic (exact) mass is 603 g/mol. The van der Waals surface area contributed by atoms with Crippen molar-refractivity contribution in [2.24, 2.45) is 0 Å². The molecule has 3 N–H and O–H groups in total. The first kappa shape index (κ1) is 27.6. The number of benzene rings is 3. The van der Waals surface area contributed by atoms with Crippen molar-refractivity contribution in [3.05, 3.63) is 87.4 Å². The second kappa shape index (κ2) is 11.9. The van der Waals surface area contributed by atoms with Crippen LogP contribution < -0.4 is 15.4 Å². The number of anilines is 2. The van der Waals surface area contributed by atoms with E-state index in [1.54, 1.807) is 42.5 Å². The summed E-state index contributed by atoms with van der Waals surface area (Å²) in [4.78, 5) is 37.7. The number of nitrogens with one attached hydrogen (secondary N) is 2. The normalized spacial score (nSPS) is 17.1. The first-order chi connectivity index (χ1) is 18.2. The lowest BCUT2D eigenvalue weighted by molar-refractivity contribution is -0.144. The molecule has 0 aromatic heterocycles. The molecular weight excluding hydrogens is 581 g/mol. The van der Waals surface area contributed by atoms with Crippen LogP contribution in [0.3, 0.4) is 0 Å². The maximum atomic E-state index is 15.9. The molecule has 0 saturated carbocycles. The van der Waals surface area contributed by atoms with Gasteiger partial charge in [0.15, 0.2) is 5.78 Å². The molecule has 1 fully saturated rings. The predicted molar refractivity (Wildman–Crippen MR) is 146 cm³/mol. The van der Waals surface area contributed by atoms with Gasteiger partial charge in [-0.3, -0.25) is 4.79 Å². The topological polar surface area (TPSA) is 108 Å². The van der Waals surface area contributed by atoms with Crippen LogP contribution in [0, 0.1) is 0 Å². The Morgan fingerprint density at radius 1 is 1.05 bits per heavy atom. The third-order valence-corrected chi connectivity index (χ3v) is 7.11. The number of carbonyl (C=O) groups is 3. The van der Waals surface area contributed by atoms with E-state index in [-0.39, 0.29) is 25.1 Å². The number of urea groups is 1. The lowest BCUT2D eigenvalue weighted by atomic mass is 9.99. The summed E-state index contributed by atoms with van der Waals surface area (Å²) < 4.78 is 22.0. The Balaban J connectivity index is 1.35. The summed E-state index contributed by atoms with van der Waals surface area (Å²) in [6.07, 6.45) is 0.401. The molecule has 1 aliphatic rings. The number of carboxylic acids is 1. The molecule has 2 amide bonds. The summed E-state index contributed by atoms with van der Waals surface area (Å²) in [6, 6.07) is 17.0. The van der Waals surface area contributed by atoms with Gasteiger partial charge in [-0.05, 0) is 76.4 Å². The number of carboxylic acid groups (broad SMARTS) is 1. The van der Waals surface area contributed by atoms with E-state index in [2.05, 4.69) is 26.6 Å². The maximum absolute atomic E-state index is 15.9. The van der Waals surface area contributed by atoms with Crippen LogP contribution in [-0.2, 0) is 11.2 Å². The van der Waals surface area contributed by atoms with Gasteiger partial charge >= 0.3 is 12.0 Å². The number of hydrogen-bond donors (Lipinski definition) is 3. The lowest BCUT2D eigenvalue weighted by Gasteiger charge is -2.29. The molecule has 11 heteroatoms. The van der Waals surface area contributed by atoms with E-state index in [1.807, 2.05) is 0 Å². The maximum Gasteiger partial charge on any atom is 0.335 e. The van der Waals surface area contributed by atoms with E-state index in [0.717, 1.165) is 0 Å². The summed E-state index contributed by atoms with van der Waals surface area (Å²) in [5.41, 5.74) is 1.61. The van der Waals surface area contributed by atoms with E-state index in [9.17, 15) is 14.4 Å². The highest BCUT2D eigenvalue weighted by molar-refractivity contribution is 9.10. The van der Waals surface area contributed by atoms with Gasteiger partial charge in [0.2, 0.25) is 5.79 Å². The largest absolute Gasteiger partial charge is 0.478 e.